The van der Waals surface area contributed by atoms with E-state index in [0.717, 1.165) is 33.3 Å². The second-order valence-electron chi connectivity index (χ2n) is 9.20. The number of carbonyl (C=O) groups excluding carboxylic acids is 1. The van der Waals surface area contributed by atoms with Gasteiger partial charge in [0.2, 0.25) is 0 Å². The van der Waals surface area contributed by atoms with Crippen LogP contribution in [0.4, 0.5) is 5.69 Å². The van der Waals surface area contributed by atoms with Crippen LogP contribution in [0, 0.1) is 6.92 Å². The Labute approximate surface area is 198 Å². The Balaban J connectivity index is 1.93. The van der Waals surface area contributed by atoms with Crippen LogP contribution in [0.3, 0.4) is 0 Å². The second kappa shape index (κ2) is 9.06. The first kappa shape index (κ1) is 23.7. The average molecular weight is 463 g/mol. The molecule has 0 bridgehead atoms. The molecule has 1 aliphatic rings. The largest absolute Gasteiger partial charge is 0.466 e. The van der Waals surface area contributed by atoms with Crippen molar-refractivity contribution in [2.75, 3.05) is 18.1 Å². The molecule has 1 N–H and O–H groups in total. The molecule has 0 amide bonds. The summed E-state index contributed by atoms with van der Waals surface area (Å²) in [6.07, 6.45) is 5.52. The highest BCUT2D eigenvalue weighted by molar-refractivity contribution is 5.96. The van der Waals surface area contributed by atoms with Crippen molar-refractivity contribution in [3.63, 3.8) is 0 Å². The first-order valence-electron chi connectivity index (χ1n) is 11.5. The van der Waals surface area contributed by atoms with E-state index in [1.54, 1.807) is 31.5 Å². The number of aliphatic hydroxyl groups is 1. The van der Waals surface area contributed by atoms with Crippen molar-refractivity contribution in [2.24, 2.45) is 0 Å². The monoisotopic (exact) mass is 462 g/mol. The number of esters is 1. The van der Waals surface area contributed by atoms with Crippen LogP contribution in [-0.2, 0) is 9.53 Å². The molecule has 2 aromatic heterocycles. The number of carbonyl (C=O) groups is 1. The number of rotatable bonds is 6. The molecule has 0 aliphatic carbocycles. The molecule has 1 atom stereocenters. The standard InChI is InChI=1S/C27H30N2O5/c1-6-33-24(31)11-16(2)29-22-13-23-20(12-21(22)19(15-30)14-27(29,4)5)17(3)25(26(32)34-23)18-7-9-28-10-8-18/h7-10,12-14,16,30H,6,11,15H2,1-5H3. The van der Waals surface area contributed by atoms with Gasteiger partial charge in [0, 0.05) is 41.1 Å². The van der Waals surface area contributed by atoms with Gasteiger partial charge in [0.15, 0.2) is 0 Å². The van der Waals surface area contributed by atoms with Crippen LogP contribution in [0.2, 0.25) is 0 Å². The Morgan fingerprint density at radius 2 is 1.97 bits per heavy atom. The van der Waals surface area contributed by atoms with Gasteiger partial charge >= 0.3 is 11.6 Å². The molecule has 1 unspecified atom stereocenters. The van der Waals surface area contributed by atoms with Crippen LogP contribution in [0.25, 0.3) is 27.7 Å². The van der Waals surface area contributed by atoms with Gasteiger partial charge in [0.05, 0.1) is 30.7 Å². The number of benzene rings is 1. The molecule has 34 heavy (non-hydrogen) atoms. The van der Waals surface area contributed by atoms with Crippen molar-refractivity contribution >= 4 is 28.2 Å². The number of ether oxygens (including phenoxy) is 1. The lowest BCUT2D eigenvalue weighted by Gasteiger charge is -2.47. The van der Waals surface area contributed by atoms with Crippen molar-refractivity contribution in [1.29, 1.82) is 0 Å². The minimum Gasteiger partial charge on any atom is -0.466 e. The van der Waals surface area contributed by atoms with E-state index in [2.05, 4.69) is 9.88 Å². The maximum atomic E-state index is 13.0. The van der Waals surface area contributed by atoms with Crippen LogP contribution in [-0.4, -0.2) is 40.9 Å². The quantitative estimate of drug-likeness (QED) is 0.426. The van der Waals surface area contributed by atoms with Gasteiger partial charge in [-0.05, 0) is 69.5 Å². The van der Waals surface area contributed by atoms with E-state index in [-0.39, 0.29) is 25.0 Å². The van der Waals surface area contributed by atoms with Crippen molar-refractivity contribution < 1.29 is 19.1 Å². The minimum atomic E-state index is -0.489. The van der Waals surface area contributed by atoms with E-state index in [1.165, 1.54) is 0 Å². The van der Waals surface area contributed by atoms with Gasteiger partial charge in [-0.25, -0.2) is 4.79 Å². The van der Waals surface area contributed by atoms with E-state index < -0.39 is 11.2 Å². The first-order valence-corrected chi connectivity index (χ1v) is 11.5. The summed E-state index contributed by atoms with van der Waals surface area (Å²) in [6, 6.07) is 7.19. The minimum absolute atomic E-state index is 0.130. The lowest BCUT2D eigenvalue weighted by atomic mass is 9.85. The van der Waals surface area contributed by atoms with Crippen molar-refractivity contribution in [1.82, 2.24) is 4.98 Å². The molecule has 0 saturated carbocycles. The number of anilines is 1. The summed E-state index contributed by atoms with van der Waals surface area (Å²) in [5, 5.41) is 11.0. The number of aromatic nitrogens is 1. The molecule has 4 rings (SSSR count). The predicted molar refractivity (Wildman–Crippen MR) is 133 cm³/mol. The number of aliphatic hydroxyl groups excluding tert-OH is 1. The molecule has 0 saturated heterocycles. The molecule has 178 valence electrons. The van der Waals surface area contributed by atoms with Gasteiger partial charge in [-0.1, -0.05) is 6.08 Å². The Morgan fingerprint density at radius 3 is 2.62 bits per heavy atom. The third-order valence-electron chi connectivity index (χ3n) is 6.39. The van der Waals surface area contributed by atoms with E-state index in [0.29, 0.717) is 17.8 Å². The lowest BCUT2D eigenvalue weighted by Crippen LogP contribution is -2.51. The smallest absolute Gasteiger partial charge is 0.344 e. The van der Waals surface area contributed by atoms with Crippen LogP contribution in [0.5, 0.6) is 0 Å². The Kier molecular flexibility index (Phi) is 6.32. The molecule has 1 aromatic carbocycles. The highest BCUT2D eigenvalue weighted by Crippen LogP contribution is 2.43. The number of fused-ring (bicyclic) bond motifs is 2. The highest BCUT2D eigenvalue weighted by Gasteiger charge is 2.37. The summed E-state index contributed by atoms with van der Waals surface area (Å²) in [6.45, 7) is 9.92. The summed E-state index contributed by atoms with van der Waals surface area (Å²) < 4.78 is 11.0. The van der Waals surface area contributed by atoms with Crippen molar-refractivity contribution in [3.8, 4) is 11.1 Å². The molecular formula is C27H30N2O5. The lowest BCUT2D eigenvalue weighted by molar-refractivity contribution is -0.143. The molecule has 3 aromatic rings. The number of hydrogen-bond donors (Lipinski definition) is 1. The van der Waals surface area contributed by atoms with Crippen molar-refractivity contribution in [2.45, 2.75) is 52.6 Å². The summed E-state index contributed by atoms with van der Waals surface area (Å²) in [5.74, 6) is -0.269. The van der Waals surface area contributed by atoms with E-state index >= 15 is 0 Å². The Hall–Kier alpha value is -3.45. The third kappa shape index (κ3) is 4.12. The topological polar surface area (TPSA) is 92.9 Å². The number of aryl methyl sites for hydroxylation is 1. The van der Waals surface area contributed by atoms with Gasteiger partial charge in [0.25, 0.3) is 0 Å². The SMILES string of the molecule is CCOC(=O)CC(C)N1c2cc3oc(=O)c(-c4ccncc4)c(C)c3cc2C(CO)=CC1(C)C. The molecule has 0 spiro atoms. The van der Waals surface area contributed by atoms with Gasteiger partial charge in [0.1, 0.15) is 5.58 Å². The zero-order valence-corrected chi connectivity index (χ0v) is 20.2. The predicted octanol–water partition coefficient (Wildman–Crippen LogP) is 4.48. The molecule has 1 aliphatic heterocycles. The van der Waals surface area contributed by atoms with Crippen LogP contribution in [0.15, 0.2) is 51.9 Å². The van der Waals surface area contributed by atoms with Crippen molar-refractivity contribution in [3.05, 3.63) is 64.3 Å². The van der Waals surface area contributed by atoms with Gasteiger partial charge in [-0.3, -0.25) is 9.78 Å². The molecule has 7 nitrogen and oxygen atoms in total. The zero-order chi connectivity index (χ0) is 24.6. The number of pyridine rings is 1. The van der Waals surface area contributed by atoms with Gasteiger partial charge in [-0.2, -0.15) is 0 Å². The van der Waals surface area contributed by atoms with E-state index in [1.807, 2.05) is 45.9 Å². The zero-order valence-electron chi connectivity index (χ0n) is 20.2. The number of nitrogens with zero attached hydrogens (tertiary/aromatic N) is 2. The van der Waals surface area contributed by atoms with E-state index in [9.17, 15) is 14.7 Å². The normalized spacial score (nSPS) is 15.6. The molecule has 0 fully saturated rings. The second-order valence-corrected chi connectivity index (χ2v) is 9.20. The summed E-state index contributed by atoms with van der Waals surface area (Å²) in [5.41, 5.74) is 4.03. The maximum Gasteiger partial charge on any atom is 0.344 e. The maximum absolute atomic E-state index is 13.0. The Bertz CT molecular complexity index is 1320. The highest BCUT2D eigenvalue weighted by atomic mass is 16.5. The third-order valence-corrected chi connectivity index (χ3v) is 6.39. The first-order chi connectivity index (χ1) is 16.2. The van der Waals surface area contributed by atoms with E-state index in [4.69, 9.17) is 9.15 Å². The number of hydrogen-bond acceptors (Lipinski definition) is 7. The van der Waals surface area contributed by atoms with Gasteiger partial charge in [-0.15, -0.1) is 0 Å². The van der Waals surface area contributed by atoms with Crippen LogP contribution in [0.1, 0.15) is 45.2 Å². The fourth-order valence-corrected chi connectivity index (χ4v) is 5.07. The molecule has 3 heterocycles. The molecule has 7 heteroatoms. The summed E-state index contributed by atoms with van der Waals surface area (Å²) >= 11 is 0. The van der Waals surface area contributed by atoms with Gasteiger partial charge < -0.3 is 19.2 Å². The average Bonchev–Trinajstić information content (AvgIpc) is 2.78. The summed E-state index contributed by atoms with van der Waals surface area (Å²) in [4.78, 5) is 31.4. The van der Waals surface area contributed by atoms with Crippen LogP contribution < -0.4 is 10.5 Å². The fraction of sp³-hybridized carbons (Fsp3) is 0.370. The Morgan fingerprint density at radius 1 is 1.26 bits per heavy atom. The fourth-order valence-electron chi connectivity index (χ4n) is 5.07. The molecule has 0 radical (unpaired) electrons. The summed E-state index contributed by atoms with van der Waals surface area (Å²) in [7, 11) is 0. The molecular weight excluding hydrogens is 432 g/mol. The van der Waals surface area contributed by atoms with Crippen LogP contribution >= 0.6 is 0 Å².